The molecule has 15 heavy (non-hydrogen) atoms. The molecule has 0 aromatic heterocycles. The molecule has 0 aromatic carbocycles. The van der Waals surface area contributed by atoms with Gasteiger partial charge in [0.05, 0.1) is 13.2 Å². The second kappa shape index (κ2) is 4.31. The summed E-state index contributed by atoms with van der Waals surface area (Å²) in [5, 5.41) is 9.66. The Kier molecular flexibility index (Phi) is 3.23. The number of carboxylic acid groups (broad SMARTS) is 1. The number of aliphatic carboxylic acids is 1. The molecule has 0 radical (unpaired) electrons. The minimum absolute atomic E-state index is 0.174. The van der Waals surface area contributed by atoms with E-state index >= 15 is 0 Å². The molecular weight excluding hydrogens is 214 g/mol. The van der Waals surface area contributed by atoms with Crippen LogP contribution in [-0.2, 0) is 9.53 Å². The Morgan fingerprint density at radius 3 is 2.67 bits per heavy atom. The smallest absolute Gasteiger partial charge is 0.325 e. The predicted molar refractivity (Wildman–Crippen MR) is 59.3 cm³/mol. The van der Waals surface area contributed by atoms with Crippen molar-refractivity contribution in [1.29, 1.82) is 0 Å². The third-order valence-electron chi connectivity index (χ3n) is 3.47. The van der Waals surface area contributed by atoms with E-state index in [1.807, 2.05) is 6.92 Å². The standard InChI is InChI=1S/C10H17NO3S/c1-8-10(9(12)13,2-7-15-8)11-3-5-14-6-4-11/h8H,2-7H2,1H3,(H,12,13). The highest BCUT2D eigenvalue weighted by molar-refractivity contribution is 8.00. The highest BCUT2D eigenvalue weighted by Gasteiger charge is 2.52. The average molecular weight is 231 g/mol. The Morgan fingerprint density at radius 1 is 1.53 bits per heavy atom. The van der Waals surface area contributed by atoms with E-state index < -0.39 is 11.5 Å². The molecule has 0 saturated carbocycles. The lowest BCUT2D eigenvalue weighted by Crippen LogP contribution is -2.61. The zero-order valence-electron chi connectivity index (χ0n) is 8.94. The van der Waals surface area contributed by atoms with Crippen LogP contribution in [0.25, 0.3) is 0 Å². The van der Waals surface area contributed by atoms with Crippen molar-refractivity contribution in [3.8, 4) is 0 Å². The van der Waals surface area contributed by atoms with Crippen molar-refractivity contribution in [1.82, 2.24) is 4.90 Å². The van der Waals surface area contributed by atoms with Gasteiger partial charge in [-0.25, -0.2) is 0 Å². The molecule has 4 nitrogen and oxygen atoms in total. The number of ether oxygens (including phenoxy) is 1. The summed E-state index contributed by atoms with van der Waals surface area (Å²) in [6, 6.07) is 0. The van der Waals surface area contributed by atoms with Crippen molar-refractivity contribution in [3.63, 3.8) is 0 Å². The Morgan fingerprint density at radius 2 is 2.20 bits per heavy atom. The normalized spacial score (nSPS) is 38.1. The zero-order chi connectivity index (χ0) is 10.9. The summed E-state index contributed by atoms with van der Waals surface area (Å²) >= 11 is 1.76. The first-order chi connectivity index (χ1) is 7.18. The van der Waals surface area contributed by atoms with E-state index in [2.05, 4.69) is 4.90 Å². The van der Waals surface area contributed by atoms with E-state index in [9.17, 15) is 9.90 Å². The van der Waals surface area contributed by atoms with Crippen molar-refractivity contribution in [2.75, 3.05) is 32.1 Å². The van der Waals surface area contributed by atoms with Crippen molar-refractivity contribution in [3.05, 3.63) is 0 Å². The lowest BCUT2D eigenvalue weighted by atomic mass is 9.90. The van der Waals surface area contributed by atoms with Gasteiger partial charge in [-0.05, 0) is 12.2 Å². The Hall–Kier alpha value is -0.260. The van der Waals surface area contributed by atoms with Crippen LogP contribution in [0.15, 0.2) is 0 Å². The number of hydrogen-bond donors (Lipinski definition) is 1. The molecule has 0 bridgehead atoms. The van der Waals surface area contributed by atoms with Gasteiger partial charge < -0.3 is 9.84 Å². The molecule has 0 amide bonds. The van der Waals surface area contributed by atoms with Gasteiger partial charge in [0.25, 0.3) is 0 Å². The molecule has 5 heteroatoms. The third kappa shape index (κ3) is 1.77. The summed E-state index contributed by atoms with van der Waals surface area (Å²) in [5.74, 6) is 0.284. The molecule has 2 atom stereocenters. The Balaban J connectivity index is 2.21. The number of nitrogens with zero attached hydrogens (tertiary/aromatic N) is 1. The number of hydrogen-bond acceptors (Lipinski definition) is 4. The van der Waals surface area contributed by atoms with E-state index in [4.69, 9.17) is 4.74 Å². The van der Waals surface area contributed by atoms with Crippen LogP contribution >= 0.6 is 11.8 Å². The summed E-state index contributed by atoms with van der Waals surface area (Å²) in [7, 11) is 0. The molecule has 86 valence electrons. The monoisotopic (exact) mass is 231 g/mol. The molecule has 2 saturated heterocycles. The molecule has 2 aliphatic heterocycles. The Labute approximate surface area is 94.0 Å². The molecule has 2 unspecified atom stereocenters. The fourth-order valence-electron chi connectivity index (χ4n) is 2.53. The summed E-state index contributed by atoms with van der Waals surface area (Å²) < 4.78 is 5.28. The van der Waals surface area contributed by atoms with Gasteiger partial charge in [0.15, 0.2) is 0 Å². The summed E-state index contributed by atoms with van der Waals surface area (Å²) in [6.45, 7) is 4.84. The number of thioether (sulfide) groups is 1. The van der Waals surface area contributed by atoms with E-state index in [0.717, 1.165) is 25.3 Å². The fraction of sp³-hybridized carbons (Fsp3) is 0.900. The molecule has 1 N–H and O–H groups in total. The first kappa shape index (κ1) is 11.2. The molecular formula is C10H17NO3S. The highest BCUT2D eigenvalue weighted by atomic mass is 32.2. The van der Waals surface area contributed by atoms with Gasteiger partial charge in [0.2, 0.25) is 0 Å². The second-order valence-electron chi connectivity index (χ2n) is 4.09. The highest BCUT2D eigenvalue weighted by Crippen LogP contribution is 2.40. The maximum absolute atomic E-state index is 11.5. The van der Waals surface area contributed by atoms with E-state index in [-0.39, 0.29) is 5.25 Å². The van der Waals surface area contributed by atoms with Gasteiger partial charge in [-0.15, -0.1) is 0 Å². The van der Waals surface area contributed by atoms with Crippen LogP contribution in [0.4, 0.5) is 0 Å². The van der Waals surface area contributed by atoms with Gasteiger partial charge in [-0.1, -0.05) is 6.92 Å². The van der Waals surface area contributed by atoms with E-state index in [1.54, 1.807) is 11.8 Å². The summed E-state index contributed by atoms with van der Waals surface area (Å²) in [5.41, 5.74) is -0.644. The fourth-order valence-corrected chi connectivity index (χ4v) is 3.95. The van der Waals surface area contributed by atoms with Crippen molar-refractivity contribution >= 4 is 17.7 Å². The molecule has 0 aliphatic carbocycles. The van der Waals surface area contributed by atoms with Crippen molar-refractivity contribution in [2.45, 2.75) is 24.1 Å². The summed E-state index contributed by atoms with van der Waals surface area (Å²) in [4.78, 5) is 13.6. The van der Waals surface area contributed by atoms with Crippen molar-refractivity contribution in [2.24, 2.45) is 0 Å². The molecule has 2 fully saturated rings. The zero-order valence-corrected chi connectivity index (χ0v) is 9.76. The molecule has 0 aromatic rings. The second-order valence-corrected chi connectivity index (χ2v) is 5.54. The van der Waals surface area contributed by atoms with Crippen molar-refractivity contribution < 1.29 is 14.6 Å². The molecule has 2 aliphatic rings. The van der Waals surface area contributed by atoms with Gasteiger partial charge in [0, 0.05) is 18.3 Å². The largest absolute Gasteiger partial charge is 0.480 e. The van der Waals surface area contributed by atoms with Gasteiger partial charge in [-0.2, -0.15) is 11.8 Å². The molecule has 2 rings (SSSR count). The summed E-state index contributed by atoms with van der Waals surface area (Å²) in [6.07, 6.45) is 0.758. The van der Waals surface area contributed by atoms with Gasteiger partial charge in [0.1, 0.15) is 5.54 Å². The van der Waals surface area contributed by atoms with Gasteiger partial charge in [-0.3, -0.25) is 9.69 Å². The predicted octanol–water partition coefficient (Wildman–Crippen LogP) is 0.667. The van der Waals surface area contributed by atoms with Gasteiger partial charge >= 0.3 is 5.97 Å². The lowest BCUT2D eigenvalue weighted by Gasteiger charge is -2.42. The molecule has 0 spiro atoms. The number of carbonyl (C=O) groups is 1. The Bertz CT molecular complexity index is 255. The SMILES string of the molecule is CC1SCCC1(C(=O)O)N1CCOCC1. The number of carboxylic acids is 1. The quantitative estimate of drug-likeness (QED) is 0.757. The topological polar surface area (TPSA) is 49.8 Å². The van der Waals surface area contributed by atoms with Crippen LogP contribution in [0.2, 0.25) is 0 Å². The maximum Gasteiger partial charge on any atom is 0.325 e. The lowest BCUT2D eigenvalue weighted by molar-refractivity contribution is -0.154. The van der Waals surface area contributed by atoms with E-state index in [0.29, 0.717) is 13.2 Å². The minimum Gasteiger partial charge on any atom is -0.480 e. The van der Waals surface area contributed by atoms with Crippen LogP contribution in [-0.4, -0.2) is 58.8 Å². The first-order valence-electron chi connectivity index (χ1n) is 5.36. The van der Waals surface area contributed by atoms with E-state index in [1.165, 1.54) is 0 Å². The first-order valence-corrected chi connectivity index (χ1v) is 6.40. The van der Waals surface area contributed by atoms with Crippen LogP contribution in [0.3, 0.4) is 0 Å². The van der Waals surface area contributed by atoms with Crippen LogP contribution < -0.4 is 0 Å². The maximum atomic E-state index is 11.5. The molecule has 2 heterocycles. The number of rotatable bonds is 2. The van der Waals surface area contributed by atoms with Crippen LogP contribution in [0, 0.1) is 0 Å². The average Bonchev–Trinajstić information content (AvgIpc) is 2.62. The number of morpholine rings is 1. The minimum atomic E-state index is -0.665. The third-order valence-corrected chi connectivity index (χ3v) is 4.80. The van der Waals surface area contributed by atoms with Crippen LogP contribution in [0.1, 0.15) is 13.3 Å². The van der Waals surface area contributed by atoms with Crippen LogP contribution in [0.5, 0.6) is 0 Å².